The van der Waals surface area contributed by atoms with Gasteiger partial charge in [-0.15, -0.1) is 0 Å². The molecule has 17 heavy (non-hydrogen) atoms. The Balaban J connectivity index is 2.05. The van der Waals surface area contributed by atoms with Crippen LogP contribution in [0, 0.1) is 5.82 Å². The first-order valence-electron chi connectivity index (χ1n) is 5.77. The SMILES string of the molecule is Fc1ccc2oc(C3(F)CCNCC3)cc2c1. The van der Waals surface area contributed by atoms with E-state index in [0.717, 1.165) is 0 Å². The highest BCUT2D eigenvalue weighted by atomic mass is 19.1. The van der Waals surface area contributed by atoms with Gasteiger partial charge in [0.25, 0.3) is 0 Å². The normalized spacial score (nSPS) is 19.6. The highest BCUT2D eigenvalue weighted by molar-refractivity contribution is 5.78. The first-order valence-corrected chi connectivity index (χ1v) is 5.77. The van der Waals surface area contributed by atoms with Gasteiger partial charge >= 0.3 is 0 Å². The van der Waals surface area contributed by atoms with Crippen molar-refractivity contribution >= 4 is 11.0 Å². The Kier molecular flexibility index (Phi) is 2.40. The molecular formula is C13H13F2NO. The lowest BCUT2D eigenvalue weighted by molar-refractivity contribution is 0.0889. The van der Waals surface area contributed by atoms with Crippen LogP contribution in [0.25, 0.3) is 11.0 Å². The molecule has 2 heterocycles. The first kappa shape index (κ1) is 10.7. The second-order valence-electron chi connectivity index (χ2n) is 4.51. The zero-order valence-corrected chi connectivity index (χ0v) is 9.30. The number of furan rings is 1. The predicted molar refractivity (Wildman–Crippen MR) is 61.1 cm³/mol. The van der Waals surface area contributed by atoms with Crippen LogP contribution in [0.2, 0.25) is 0 Å². The lowest BCUT2D eigenvalue weighted by Gasteiger charge is -2.27. The van der Waals surface area contributed by atoms with Crippen molar-refractivity contribution < 1.29 is 13.2 Å². The van der Waals surface area contributed by atoms with Crippen molar-refractivity contribution in [3.63, 3.8) is 0 Å². The summed E-state index contributed by atoms with van der Waals surface area (Å²) in [6.07, 6.45) is 0.796. The fourth-order valence-electron chi connectivity index (χ4n) is 2.30. The van der Waals surface area contributed by atoms with Gasteiger partial charge in [-0.05, 0) is 37.4 Å². The minimum atomic E-state index is -1.42. The van der Waals surface area contributed by atoms with Gasteiger partial charge in [0, 0.05) is 18.2 Å². The monoisotopic (exact) mass is 237 g/mol. The molecule has 1 aliphatic heterocycles. The molecule has 4 heteroatoms. The number of piperidine rings is 1. The number of halogens is 2. The van der Waals surface area contributed by atoms with Crippen molar-refractivity contribution in [1.82, 2.24) is 5.32 Å². The quantitative estimate of drug-likeness (QED) is 0.824. The van der Waals surface area contributed by atoms with Crippen molar-refractivity contribution in [2.24, 2.45) is 0 Å². The molecule has 1 saturated heterocycles. The van der Waals surface area contributed by atoms with E-state index in [1.54, 1.807) is 12.1 Å². The Hall–Kier alpha value is -1.42. The van der Waals surface area contributed by atoms with E-state index < -0.39 is 5.67 Å². The van der Waals surface area contributed by atoms with Gasteiger partial charge in [-0.1, -0.05) is 0 Å². The van der Waals surface area contributed by atoms with Crippen molar-refractivity contribution in [2.75, 3.05) is 13.1 Å². The van der Waals surface area contributed by atoms with Gasteiger partial charge in [-0.25, -0.2) is 8.78 Å². The average Bonchev–Trinajstić information content (AvgIpc) is 2.73. The maximum atomic E-state index is 14.6. The second kappa shape index (κ2) is 3.81. The average molecular weight is 237 g/mol. The van der Waals surface area contributed by atoms with Gasteiger partial charge in [-0.3, -0.25) is 0 Å². The minimum Gasteiger partial charge on any atom is -0.458 e. The third kappa shape index (κ3) is 1.82. The van der Waals surface area contributed by atoms with E-state index in [2.05, 4.69) is 5.32 Å². The Morgan fingerprint density at radius 1 is 1.18 bits per heavy atom. The molecule has 3 rings (SSSR count). The van der Waals surface area contributed by atoms with E-state index in [0.29, 0.717) is 42.7 Å². The smallest absolute Gasteiger partial charge is 0.170 e. The van der Waals surface area contributed by atoms with Crippen molar-refractivity contribution in [3.05, 3.63) is 35.8 Å². The van der Waals surface area contributed by atoms with Crippen molar-refractivity contribution in [1.29, 1.82) is 0 Å². The van der Waals surface area contributed by atoms with Gasteiger partial charge in [0.2, 0.25) is 0 Å². The van der Waals surface area contributed by atoms with Crippen LogP contribution in [0.3, 0.4) is 0 Å². The molecular weight excluding hydrogens is 224 g/mol. The molecule has 2 aromatic rings. The summed E-state index contributed by atoms with van der Waals surface area (Å²) in [6, 6.07) is 5.85. The summed E-state index contributed by atoms with van der Waals surface area (Å²) in [7, 11) is 0. The molecule has 1 fully saturated rings. The van der Waals surface area contributed by atoms with E-state index in [9.17, 15) is 8.78 Å². The molecule has 0 radical (unpaired) electrons. The third-order valence-corrected chi connectivity index (χ3v) is 3.32. The molecule has 1 aliphatic rings. The van der Waals surface area contributed by atoms with Crippen LogP contribution in [0.15, 0.2) is 28.7 Å². The predicted octanol–water partition coefficient (Wildman–Crippen LogP) is 3.12. The third-order valence-electron chi connectivity index (χ3n) is 3.32. The largest absolute Gasteiger partial charge is 0.458 e. The maximum absolute atomic E-state index is 14.6. The molecule has 1 aromatic carbocycles. The zero-order valence-electron chi connectivity index (χ0n) is 9.30. The van der Waals surface area contributed by atoms with E-state index in [4.69, 9.17) is 4.42 Å². The highest BCUT2D eigenvalue weighted by Gasteiger charge is 2.37. The fourth-order valence-corrected chi connectivity index (χ4v) is 2.30. The summed E-state index contributed by atoms with van der Waals surface area (Å²) >= 11 is 0. The summed E-state index contributed by atoms with van der Waals surface area (Å²) in [4.78, 5) is 0. The number of benzene rings is 1. The molecule has 0 atom stereocenters. The topological polar surface area (TPSA) is 25.2 Å². The summed E-state index contributed by atoms with van der Waals surface area (Å²) in [5.41, 5.74) is -0.877. The Bertz CT molecular complexity index is 543. The lowest BCUT2D eigenvalue weighted by Crippen LogP contribution is -2.36. The molecule has 0 saturated carbocycles. The molecule has 0 bridgehead atoms. The van der Waals surface area contributed by atoms with Gasteiger partial charge in [0.1, 0.15) is 17.2 Å². The second-order valence-corrected chi connectivity index (χ2v) is 4.51. The molecule has 1 aromatic heterocycles. The number of rotatable bonds is 1. The Morgan fingerprint density at radius 3 is 2.71 bits per heavy atom. The van der Waals surface area contributed by atoms with E-state index >= 15 is 0 Å². The first-order chi connectivity index (χ1) is 8.17. The van der Waals surface area contributed by atoms with Crippen LogP contribution < -0.4 is 5.32 Å². The van der Waals surface area contributed by atoms with Gasteiger partial charge in [0.05, 0.1) is 0 Å². The molecule has 2 nitrogen and oxygen atoms in total. The number of fused-ring (bicyclic) bond motifs is 1. The van der Waals surface area contributed by atoms with Crippen LogP contribution in [-0.4, -0.2) is 13.1 Å². The van der Waals surface area contributed by atoms with E-state index in [1.165, 1.54) is 12.1 Å². The van der Waals surface area contributed by atoms with E-state index in [1.807, 2.05) is 0 Å². The van der Waals surface area contributed by atoms with E-state index in [-0.39, 0.29) is 5.82 Å². The number of hydrogen-bond donors (Lipinski definition) is 1. The molecule has 0 aliphatic carbocycles. The molecule has 0 spiro atoms. The van der Waals surface area contributed by atoms with Crippen LogP contribution in [0.1, 0.15) is 18.6 Å². The fraction of sp³-hybridized carbons (Fsp3) is 0.385. The van der Waals surface area contributed by atoms with Crippen molar-refractivity contribution in [2.45, 2.75) is 18.5 Å². The summed E-state index contributed by atoms with van der Waals surface area (Å²) < 4.78 is 33.2. The molecule has 0 unspecified atom stereocenters. The summed E-state index contributed by atoms with van der Waals surface area (Å²) in [6.45, 7) is 1.28. The van der Waals surface area contributed by atoms with Crippen molar-refractivity contribution in [3.8, 4) is 0 Å². The number of nitrogens with one attached hydrogen (secondary N) is 1. The molecule has 0 amide bonds. The molecule has 1 N–H and O–H groups in total. The Labute approximate surface area is 97.6 Å². The summed E-state index contributed by atoms with van der Waals surface area (Å²) in [5, 5.41) is 3.73. The van der Waals surface area contributed by atoms with Gasteiger partial charge in [0.15, 0.2) is 5.67 Å². The van der Waals surface area contributed by atoms with Crippen LogP contribution >= 0.6 is 0 Å². The lowest BCUT2D eigenvalue weighted by atomic mass is 9.92. The van der Waals surface area contributed by atoms with Crippen LogP contribution in [0.4, 0.5) is 8.78 Å². The highest BCUT2D eigenvalue weighted by Crippen LogP contribution is 2.38. The van der Waals surface area contributed by atoms with Gasteiger partial charge < -0.3 is 9.73 Å². The minimum absolute atomic E-state index is 0.319. The Morgan fingerprint density at radius 2 is 1.94 bits per heavy atom. The van der Waals surface area contributed by atoms with Gasteiger partial charge in [-0.2, -0.15) is 0 Å². The summed E-state index contributed by atoms with van der Waals surface area (Å²) in [5.74, 6) is -0.0114. The standard InChI is InChI=1S/C13H13F2NO/c14-10-1-2-11-9(7-10)8-12(17-11)13(15)3-5-16-6-4-13/h1-2,7-8,16H,3-6H2. The molecule has 90 valence electrons. The van der Waals surface area contributed by atoms with Crippen LogP contribution in [0.5, 0.6) is 0 Å². The number of alkyl halides is 1. The number of hydrogen-bond acceptors (Lipinski definition) is 2. The zero-order chi connectivity index (χ0) is 11.9. The maximum Gasteiger partial charge on any atom is 0.170 e. The van der Waals surface area contributed by atoms with Crippen LogP contribution in [-0.2, 0) is 5.67 Å².